The zero-order valence-electron chi connectivity index (χ0n) is 16.8. The van der Waals surface area contributed by atoms with Gasteiger partial charge in [0.25, 0.3) is 0 Å². The van der Waals surface area contributed by atoms with E-state index in [2.05, 4.69) is 6.08 Å². The summed E-state index contributed by atoms with van der Waals surface area (Å²) in [7, 11) is 4.95. The summed E-state index contributed by atoms with van der Waals surface area (Å²) in [5, 5.41) is 0. The van der Waals surface area contributed by atoms with E-state index < -0.39 is 0 Å². The zero-order valence-corrected chi connectivity index (χ0v) is 16.8. The van der Waals surface area contributed by atoms with Gasteiger partial charge >= 0.3 is 0 Å². The third kappa shape index (κ3) is 3.07. The molecule has 2 heterocycles. The van der Waals surface area contributed by atoms with Crippen LogP contribution in [0.15, 0.2) is 30.3 Å². The highest BCUT2D eigenvalue weighted by molar-refractivity contribution is 5.91. The number of benzene rings is 2. The van der Waals surface area contributed by atoms with Crippen molar-refractivity contribution in [1.82, 2.24) is 0 Å². The van der Waals surface area contributed by atoms with Crippen LogP contribution in [0.1, 0.15) is 30.5 Å². The average molecular weight is 380 g/mol. The average Bonchev–Trinajstić information content (AvgIpc) is 2.70. The highest BCUT2D eigenvalue weighted by Gasteiger charge is 2.29. The molecule has 0 saturated heterocycles. The molecule has 0 aliphatic carbocycles. The number of ether oxygens (including phenoxy) is 5. The lowest BCUT2D eigenvalue weighted by Crippen LogP contribution is -2.27. The minimum Gasteiger partial charge on any atom is -0.497 e. The van der Waals surface area contributed by atoms with Crippen molar-refractivity contribution in [2.75, 3.05) is 27.9 Å². The standard InChI is InChI=1S/C23H24O5/c1-23(2)9-8-17-21(28-23)12-20-18(22(17)26-5)10-14(13-27-20)16-7-6-15(24-3)11-19(16)25-4/h6-12H,13H2,1-5H3. The predicted octanol–water partition coefficient (Wildman–Crippen LogP) is 4.83. The normalized spacial score (nSPS) is 16.1. The molecule has 0 fully saturated rings. The molecule has 146 valence electrons. The smallest absolute Gasteiger partial charge is 0.140 e. The maximum Gasteiger partial charge on any atom is 0.140 e. The summed E-state index contributed by atoms with van der Waals surface area (Å²) in [6.07, 6.45) is 6.18. The zero-order chi connectivity index (χ0) is 19.9. The van der Waals surface area contributed by atoms with Gasteiger partial charge in [0, 0.05) is 23.3 Å². The Morgan fingerprint density at radius 3 is 2.46 bits per heavy atom. The van der Waals surface area contributed by atoms with Crippen LogP contribution >= 0.6 is 0 Å². The summed E-state index contributed by atoms with van der Waals surface area (Å²) in [4.78, 5) is 0. The minimum atomic E-state index is -0.363. The molecule has 2 aromatic carbocycles. The van der Waals surface area contributed by atoms with Crippen LogP contribution < -0.4 is 23.7 Å². The molecule has 0 amide bonds. The van der Waals surface area contributed by atoms with E-state index in [0.717, 1.165) is 51.0 Å². The fourth-order valence-electron chi connectivity index (χ4n) is 3.55. The van der Waals surface area contributed by atoms with E-state index in [0.29, 0.717) is 6.61 Å². The lowest BCUT2D eigenvalue weighted by atomic mass is 9.95. The van der Waals surface area contributed by atoms with Crippen molar-refractivity contribution in [3.8, 4) is 28.7 Å². The maximum absolute atomic E-state index is 6.10. The molecule has 0 radical (unpaired) electrons. The number of hydrogen-bond donors (Lipinski definition) is 0. The Labute approximate surface area is 165 Å². The molecule has 0 aromatic heterocycles. The molecule has 4 rings (SSSR count). The molecule has 0 atom stereocenters. The summed E-state index contributed by atoms with van der Waals surface area (Å²) in [6, 6.07) is 7.71. The van der Waals surface area contributed by atoms with Crippen LogP contribution in [-0.4, -0.2) is 33.5 Å². The lowest BCUT2D eigenvalue weighted by Gasteiger charge is -2.31. The van der Waals surface area contributed by atoms with Crippen LogP contribution in [0, 0.1) is 0 Å². The highest BCUT2D eigenvalue weighted by atomic mass is 16.5. The number of methoxy groups -OCH3 is 3. The maximum atomic E-state index is 6.10. The van der Waals surface area contributed by atoms with Gasteiger partial charge in [0.1, 0.15) is 41.0 Å². The molecule has 0 N–H and O–H groups in total. The third-order valence-electron chi connectivity index (χ3n) is 4.97. The van der Waals surface area contributed by atoms with Crippen LogP contribution in [0.5, 0.6) is 28.7 Å². The van der Waals surface area contributed by atoms with Gasteiger partial charge in [-0.2, -0.15) is 0 Å². The van der Waals surface area contributed by atoms with Crippen molar-refractivity contribution < 1.29 is 23.7 Å². The Morgan fingerprint density at radius 2 is 1.75 bits per heavy atom. The molecule has 2 aliphatic rings. The predicted molar refractivity (Wildman–Crippen MR) is 110 cm³/mol. The second-order valence-electron chi connectivity index (χ2n) is 7.30. The Morgan fingerprint density at radius 1 is 0.929 bits per heavy atom. The van der Waals surface area contributed by atoms with Gasteiger partial charge in [0.2, 0.25) is 0 Å². The lowest BCUT2D eigenvalue weighted by molar-refractivity contribution is 0.157. The first-order chi connectivity index (χ1) is 13.5. The monoisotopic (exact) mass is 380 g/mol. The number of rotatable bonds is 4. The number of hydrogen-bond acceptors (Lipinski definition) is 5. The van der Waals surface area contributed by atoms with Gasteiger partial charge in [-0.1, -0.05) is 0 Å². The molecule has 2 aromatic rings. The fourth-order valence-corrected chi connectivity index (χ4v) is 3.55. The van der Waals surface area contributed by atoms with E-state index in [1.807, 2.05) is 50.3 Å². The first-order valence-corrected chi connectivity index (χ1v) is 9.15. The van der Waals surface area contributed by atoms with Crippen LogP contribution in [-0.2, 0) is 0 Å². The van der Waals surface area contributed by atoms with Gasteiger partial charge in [-0.25, -0.2) is 0 Å². The molecule has 28 heavy (non-hydrogen) atoms. The second kappa shape index (κ2) is 6.82. The Bertz CT molecular complexity index is 985. The van der Waals surface area contributed by atoms with Crippen molar-refractivity contribution in [1.29, 1.82) is 0 Å². The van der Waals surface area contributed by atoms with E-state index in [9.17, 15) is 0 Å². The third-order valence-corrected chi connectivity index (χ3v) is 4.97. The Balaban J connectivity index is 1.84. The summed E-state index contributed by atoms with van der Waals surface area (Å²) in [6.45, 7) is 4.47. The molecule has 0 bridgehead atoms. The summed E-state index contributed by atoms with van der Waals surface area (Å²) in [5.74, 6) is 3.73. The van der Waals surface area contributed by atoms with Gasteiger partial charge in [-0.05, 0) is 44.2 Å². The number of fused-ring (bicyclic) bond motifs is 2. The molecule has 0 spiro atoms. The molecule has 2 aliphatic heterocycles. The van der Waals surface area contributed by atoms with Crippen molar-refractivity contribution >= 4 is 17.7 Å². The van der Waals surface area contributed by atoms with Gasteiger partial charge < -0.3 is 23.7 Å². The van der Waals surface area contributed by atoms with E-state index in [1.54, 1.807) is 21.3 Å². The van der Waals surface area contributed by atoms with Gasteiger partial charge in [-0.15, -0.1) is 0 Å². The summed E-state index contributed by atoms with van der Waals surface area (Å²) < 4.78 is 28.8. The summed E-state index contributed by atoms with van der Waals surface area (Å²) in [5.41, 5.74) is 3.42. The van der Waals surface area contributed by atoms with Crippen LogP contribution in [0.3, 0.4) is 0 Å². The van der Waals surface area contributed by atoms with Crippen molar-refractivity contribution in [3.05, 3.63) is 47.0 Å². The van der Waals surface area contributed by atoms with Gasteiger partial charge in [0.05, 0.1) is 32.5 Å². The molecule has 0 unspecified atom stereocenters. The van der Waals surface area contributed by atoms with Crippen LogP contribution in [0.4, 0.5) is 0 Å². The second-order valence-corrected chi connectivity index (χ2v) is 7.30. The SMILES string of the molecule is COc1ccc(C2=Cc3c(cc4c(c3OC)C=CC(C)(C)O4)OC2)c(OC)c1. The van der Waals surface area contributed by atoms with E-state index in [4.69, 9.17) is 23.7 Å². The van der Waals surface area contributed by atoms with Gasteiger partial charge in [-0.3, -0.25) is 0 Å². The molecular weight excluding hydrogens is 356 g/mol. The van der Waals surface area contributed by atoms with Gasteiger partial charge in [0.15, 0.2) is 0 Å². The van der Waals surface area contributed by atoms with E-state index >= 15 is 0 Å². The fraction of sp³-hybridized carbons (Fsp3) is 0.304. The molecule has 0 saturated carbocycles. The Hall–Kier alpha value is -3.08. The highest BCUT2D eigenvalue weighted by Crippen LogP contribution is 2.47. The summed E-state index contributed by atoms with van der Waals surface area (Å²) >= 11 is 0. The topological polar surface area (TPSA) is 46.2 Å². The Kier molecular flexibility index (Phi) is 4.46. The minimum absolute atomic E-state index is 0.363. The van der Waals surface area contributed by atoms with Crippen molar-refractivity contribution in [2.24, 2.45) is 0 Å². The quantitative estimate of drug-likeness (QED) is 0.760. The van der Waals surface area contributed by atoms with Crippen LogP contribution in [0.25, 0.3) is 17.7 Å². The van der Waals surface area contributed by atoms with E-state index in [-0.39, 0.29) is 5.60 Å². The molecule has 5 heteroatoms. The molecule has 5 nitrogen and oxygen atoms in total. The first-order valence-electron chi connectivity index (χ1n) is 9.15. The molecular formula is C23H24O5. The van der Waals surface area contributed by atoms with Crippen LogP contribution in [0.2, 0.25) is 0 Å². The van der Waals surface area contributed by atoms with Crippen molar-refractivity contribution in [3.63, 3.8) is 0 Å². The van der Waals surface area contributed by atoms with Crippen molar-refractivity contribution in [2.45, 2.75) is 19.4 Å². The van der Waals surface area contributed by atoms with E-state index in [1.165, 1.54) is 0 Å². The largest absolute Gasteiger partial charge is 0.497 e. The first kappa shape index (κ1) is 18.3.